The first-order chi connectivity index (χ1) is 11.1. The van der Waals surface area contributed by atoms with Gasteiger partial charge < -0.3 is 14.4 Å². The molecule has 0 unspecified atom stereocenters. The lowest BCUT2D eigenvalue weighted by Gasteiger charge is -2.17. The van der Waals surface area contributed by atoms with E-state index in [4.69, 9.17) is 9.47 Å². The zero-order valence-electron chi connectivity index (χ0n) is 14.2. The maximum absolute atomic E-state index is 12.5. The minimum Gasteiger partial charge on any atom is -0.489 e. The van der Waals surface area contributed by atoms with Gasteiger partial charge in [-0.3, -0.25) is 4.79 Å². The van der Waals surface area contributed by atoms with Crippen LogP contribution in [0.5, 0.6) is 5.75 Å². The molecule has 0 radical (unpaired) electrons. The van der Waals surface area contributed by atoms with Crippen molar-refractivity contribution < 1.29 is 14.3 Å². The molecule has 0 spiro atoms. The van der Waals surface area contributed by atoms with Gasteiger partial charge in [0, 0.05) is 31.2 Å². The third-order valence-electron chi connectivity index (χ3n) is 3.86. The van der Waals surface area contributed by atoms with Crippen molar-refractivity contribution in [3.05, 3.63) is 42.0 Å². The molecule has 0 aliphatic carbocycles. The fourth-order valence-electron chi connectivity index (χ4n) is 2.63. The molecule has 0 bridgehead atoms. The average molecular weight is 317 g/mol. The smallest absolute Gasteiger partial charge is 0.253 e. The first kappa shape index (κ1) is 17.5. The summed E-state index contributed by atoms with van der Waals surface area (Å²) < 4.78 is 11.2. The Balaban J connectivity index is 1.84. The van der Waals surface area contributed by atoms with Crippen LogP contribution in [0.3, 0.4) is 0 Å². The minimum atomic E-state index is 0.0921. The number of amides is 1. The molecule has 1 aromatic carbocycles. The molecule has 1 fully saturated rings. The van der Waals surface area contributed by atoms with Crippen molar-refractivity contribution >= 4 is 5.91 Å². The molecule has 1 heterocycles. The molecule has 1 aliphatic heterocycles. The third-order valence-corrected chi connectivity index (χ3v) is 3.86. The van der Waals surface area contributed by atoms with E-state index >= 15 is 0 Å². The second kappa shape index (κ2) is 8.73. The fraction of sp³-hybridized carbons (Fsp3) is 0.526. The Kier molecular flexibility index (Phi) is 6.66. The first-order valence-corrected chi connectivity index (χ1v) is 8.34. The van der Waals surface area contributed by atoms with E-state index < -0.39 is 0 Å². The zero-order valence-corrected chi connectivity index (χ0v) is 14.2. The molecule has 0 N–H and O–H groups in total. The summed E-state index contributed by atoms with van der Waals surface area (Å²) in [5.74, 6) is 1.31. The van der Waals surface area contributed by atoms with Crippen LogP contribution in [0.2, 0.25) is 0 Å². The molecule has 4 nitrogen and oxygen atoms in total. The molecule has 1 aliphatic rings. The van der Waals surface area contributed by atoms with Gasteiger partial charge in [-0.2, -0.15) is 0 Å². The van der Waals surface area contributed by atoms with Crippen molar-refractivity contribution in [2.24, 2.45) is 5.92 Å². The average Bonchev–Trinajstić information content (AvgIpc) is 3.02. The van der Waals surface area contributed by atoms with Gasteiger partial charge in [-0.15, -0.1) is 0 Å². The summed E-state index contributed by atoms with van der Waals surface area (Å²) in [5.41, 5.74) is 1.68. The molecule has 0 saturated carbocycles. The molecule has 1 amide bonds. The van der Waals surface area contributed by atoms with Crippen LogP contribution in [0.15, 0.2) is 36.4 Å². The largest absolute Gasteiger partial charge is 0.489 e. The summed E-state index contributed by atoms with van der Waals surface area (Å²) in [6, 6.07) is 7.34. The van der Waals surface area contributed by atoms with Gasteiger partial charge >= 0.3 is 0 Å². The highest BCUT2D eigenvalue weighted by Crippen LogP contribution is 2.20. The van der Waals surface area contributed by atoms with Crippen molar-refractivity contribution in [1.29, 1.82) is 0 Å². The standard InChI is InChI=1S/C19H27NO3/c1-4-11-22-14-16-9-10-20(12-16)19(21)17-5-7-18(8-6-17)23-13-15(2)3/h5-8,16H,2,4,9-14H2,1,3H3/t16-/m1/s1. The lowest BCUT2D eigenvalue weighted by atomic mass is 10.1. The SMILES string of the molecule is C=C(C)COc1ccc(C(=O)N2CC[C@@H](COCCC)C2)cc1. The summed E-state index contributed by atoms with van der Waals surface area (Å²) in [5, 5.41) is 0. The van der Waals surface area contributed by atoms with Gasteiger partial charge in [0.25, 0.3) is 5.91 Å². The molecule has 0 aromatic heterocycles. The van der Waals surface area contributed by atoms with Crippen LogP contribution in [0, 0.1) is 5.92 Å². The van der Waals surface area contributed by atoms with Gasteiger partial charge in [0.15, 0.2) is 0 Å². The van der Waals surface area contributed by atoms with Gasteiger partial charge in [0.05, 0.1) is 6.61 Å². The van der Waals surface area contributed by atoms with Gasteiger partial charge in [0.2, 0.25) is 0 Å². The topological polar surface area (TPSA) is 38.8 Å². The molecule has 23 heavy (non-hydrogen) atoms. The second-order valence-electron chi connectivity index (χ2n) is 6.25. The molecule has 1 saturated heterocycles. The number of carbonyl (C=O) groups excluding carboxylic acids is 1. The van der Waals surface area contributed by atoms with Crippen molar-refractivity contribution in [2.75, 3.05) is 32.9 Å². The van der Waals surface area contributed by atoms with E-state index in [0.29, 0.717) is 18.1 Å². The minimum absolute atomic E-state index is 0.0921. The van der Waals surface area contributed by atoms with Gasteiger partial charge in [0.1, 0.15) is 12.4 Å². The fourth-order valence-corrected chi connectivity index (χ4v) is 2.63. The van der Waals surface area contributed by atoms with E-state index in [1.807, 2.05) is 36.1 Å². The van der Waals surface area contributed by atoms with E-state index in [0.717, 1.165) is 50.5 Å². The Morgan fingerprint density at radius 3 is 2.74 bits per heavy atom. The van der Waals surface area contributed by atoms with Crippen LogP contribution >= 0.6 is 0 Å². The third kappa shape index (κ3) is 5.39. The maximum Gasteiger partial charge on any atom is 0.253 e. The molecule has 4 heteroatoms. The number of hydrogen-bond donors (Lipinski definition) is 0. The number of carbonyl (C=O) groups is 1. The van der Waals surface area contributed by atoms with Gasteiger partial charge in [-0.25, -0.2) is 0 Å². The number of benzene rings is 1. The molecular formula is C19H27NO3. The van der Waals surface area contributed by atoms with E-state index in [-0.39, 0.29) is 5.91 Å². The van der Waals surface area contributed by atoms with Crippen molar-refractivity contribution in [3.63, 3.8) is 0 Å². The van der Waals surface area contributed by atoms with E-state index in [1.165, 1.54) is 0 Å². The van der Waals surface area contributed by atoms with E-state index in [1.54, 1.807) is 0 Å². The van der Waals surface area contributed by atoms with Crippen molar-refractivity contribution in [1.82, 2.24) is 4.90 Å². The summed E-state index contributed by atoms with van der Waals surface area (Å²) in [6.45, 7) is 11.5. The monoisotopic (exact) mass is 317 g/mol. The molecule has 2 rings (SSSR count). The van der Waals surface area contributed by atoms with Crippen LogP contribution in [-0.2, 0) is 4.74 Å². The highest BCUT2D eigenvalue weighted by molar-refractivity contribution is 5.94. The summed E-state index contributed by atoms with van der Waals surface area (Å²) in [7, 11) is 0. The Labute approximate surface area is 139 Å². The van der Waals surface area contributed by atoms with Crippen LogP contribution in [0.25, 0.3) is 0 Å². The van der Waals surface area contributed by atoms with Crippen LogP contribution in [0.1, 0.15) is 37.0 Å². The Bertz CT molecular complexity index is 524. The van der Waals surface area contributed by atoms with E-state index in [9.17, 15) is 4.79 Å². The van der Waals surface area contributed by atoms with Crippen LogP contribution < -0.4 is 4.74 Å². The molecule has 126 valence electrons. The number of rotatable bonds is 8. The zero-order chi connectivity index (χ0) is 16.7. The lowest BCUT2D eigenvalue weighted by Crippen LogP contribution is -2.29. The Morgan fingerprint density at radius 2 is 2.09 bits per heavy atom. The summed E-state index contributed by atoms with van der Waals surface area (Å²) >= 11 is 0. The number of hydrogen-bond acceptors (Lipinski definition) is 3. The van der Waals surface area contributed by atoms with E-state index in [2.05, 4.69) is 13.5 Å². The first-order valence-electron chi connectivity index (χ1n) is 8.34. The van der Waals surface area contributed by atoms with Gasteiger partial charge in [-0.1, -0.05) is 13.5 Å². The predicted octanol–water partition coefficient (Wildman–Crippen LogP) is 3.53. The number of ether oxygens (including phenoxy) is 2. The summed E-state index contributed by atoms with van der Waals surface area (Å²) in [6.07, 6.45) is 2.06. The lowest BCUT2D eigenvalue weighted by molar-refractivity contribution is 0.0754. The Morgan fingerprint density at radius 1 is 1.35 bits per heavy atom. The van der Waals surface area contributed by atoms with Crippen LogP contribution in [-0.4, -0.2) is 43.7 Å². The highest BCUT2D eigenvalue weighted by atomic mass is 16.5. The number of likely N-dealkylation sites (tertiary alicyclic amines) is 1. The highest BCUT2D eigenvalue weighted by Gasteiger charge is 2.26. The summed E-state index contributed by atoms with van der Waals surface area (Å²) in [4.78, 5) is 14.5. The normalized spacial score (nSPS) is 17.3. The molecular weight excluding hydrogens is 290 g/mol. The molecule has 1 atom stereocenters. The number of nitrogens with zero attached hydrogens (tertiary/aromatic N) is 1. The quantitative estimate of drug-likeness (QED) is 0.544. The Hall–Kier alpha value is -1.81. The second-order valence-corrected chi connectivity index (χ2v) is 6.25. The predicted molar refractivity (Wildman–Crippen MR) is 91.9 cm³/mol. The van der Waals surface area contributed by atoms with Crippen molar-refractivity contribution in [3.8, 4) is 5.75 Å². The maximum atomic E-state index is 12.5. The molecule has 1 aromatic rings. The van der Waals surface area contributed by atoms with Gasteiger partial charge in [-0.05, 0) is 49.6 Å². The van der Waals surface area contributed by atoms with Crippen LogP contribution in [0.4, 0.5) is 0 Å². The van der Waals surface area contributed by atoms with Crippen molar-refractivity contribution in [2.45, 2.75) is 26.7 Å².